The minimum absolute atomic E-state index is 0.277. The predicted molar refractivity (Wildman–Crippen MR) is 88.9 cm³/mol. The Morgan fingerprint density at radius 2 is 2.14 bits per heavy atom. The van der Waals surface area contributed by atoms with Gasteiger partial charge >= 0.3 is 0 Å². The third-order valence-corrected chi connectivity index (χ3v) is 4.71. The average Bonchev–Trinajstić information content (AvgIpc) is 2.86. The molecule has 0 saturated heterocycles. The summed E-state index contributed by atoms with van der Waals surface area (Å²) in [7, 11) is 0. The molecule has 0 aromatic carbocycles. The zero-order valence-corrected chi connectivity index (χ0v) is 14.3. The van der Waals surface area contributed by atoms with Crippen molar-refractivity contribution in [2.45, 2.75) is 47.1 Å². The van der Waals surface area contributed by atoms with Gasteiger partial charge in [0.2, 0.25) is 0 Å². The van der Waals surface area contributed by atoms with Crippen LogP contribution in [0.15, 0.2) is 6.20 Å². The lowest BCUT2D eigenvalue weighted by Gasteiger charge is -2.18. The van der Waals surface area contributed by atoms with Gasteiger partial charge in [0.15, 0.2) is 4.96 Å². The smallest absolute Gasteiger partial charge is 0.194 e. The second kappa shape index (κ2) is 7.38. The van der Waals surface area contributed by atoms with Crippen molar-refractivity contribution < 1.29 is 5.11 Å². The fourth-order valence-electron chi connectivity index (χ4n) is 2.87. The Hall–Kier alpha value is -0.910. The summed E-state index contributed by atoms with van der Waals surface area (Å²) in [6.45, 7) is 10.7. The SMILES string of the molecule is Cc1cn2c(CNCC(CCO)CC(C)C)c(C)nc2s1. The van der Waals surface area contributed by atoms with E-state index >= 15 is 0 Å². The molecule has 2 heterocycles. The van der Waals surface area contributed by atoms with Crippen LogP contribution >= 0.6 is 11.3 Å². The normalized spacial score (nSPS) is 13.4. The highest BCUT2D eigenvalue weighted by molar-refractivity contribution is 7.17. The molecule has 2 rings (SSSR count). The Morgan fingerprint density at radius 3 is 2.81 bits per heavy atom. The highest BCUT2D eigenvalue weighted by atomic mass is 32.1. The van der Waals surface area contributed by atoms with Crippen LogP contribution in [-0.2, 0) is 6.54 Å². The van der Waals surface area contributed by atoms with E-state index in [1.165, 1.54) is 10.6 Å². The molecule has 2 aromatic heterocycles. The van der Waals surface area contributed by atoms with Crippen molar-refractivity contribution in [2.75, 3.05) is 13.2 Å². The first kappa shape index (κ1) is 16.5. The maximum atomic E-state index is 9.18. The molecule has 0 aliphatic carbocycles. The fourth-order valence-corrected chi connectivity index (χ4v) is 3.76. The summed E-state index contributed by atoms with van der Waals surface area (Å²) in [5.41, 5.74) is 2.36. The van der Waals surface area contributed by atoms with E-state index in [0.717, 1.165) is 36.6 Å². The number of aromatic nitrogens is 2. The first-order valence-corrected chi connectivity index (χ1v) is 8.58. The molecular formula is C16H27N3OS. The number of aliphatic hydroxyl groups is 1. The lowest BCUT2D eigenvalue weighted by molar-refractivity contribution is 0.239. The first-order chi connectivity index (χ1) is 10.0. The van der Waals surface area contributed by atoms with Crippen LogP contribution in [0.2, 0.25) is 0 Å². The Morgan fingerprint density at radius 1 is 1.38 bits per heavy atom. The molecule has 0 fully saturated rings. The Kier molecular flexibility index (Phi) is 5.79. The highest BCUT2D eigenvalue weighted by Crippen LogP contribution is 2.21. The summed E-state index contributed by atoms with van der Waals surface area (Å²) in [6, 6.07) is 0. The van der Waals surface area contributed by atoms with E-state index in [0.29, 0.717) is 11.8 Å². The van der Waals surface area contributed by atoms with E-state index in [1.54, 1.807) is 11.3 Å². The monoisotopic (exact) mass is 309 g/mol. The van der Waals surface area contributed by atoms with Crippen LogP contribution in [0.5, 0.6) is 0 Å². The molecule has 1 atom stereocenters. The maximum Gasteiger partial charge on any atom is 0.194 e. The molecule has 0 spiro atoms. The zero-order chi connectivity index (χ0) is 15.4. The summed E-state index contributed by atoms with van der Waals surface area (Å²) >= 11 is 1.73. The number of rotatable bonds is 8. The van der Waals surface area contributed by atoms with Gasteiger partial charge in [-0.1, -0.05) is 13.8 Å². The third-order valence-electron chi connectivity index (χ3n) is 3.81. The van der Waals surface area contributed by atoms with Crippen LogP contribution in [0.1, 0.15) is 43.0 Å². The van der Waals surface area contributed by atoms with Crippen molar-refractivity contribution in [3.63, 3.8) is 0 Å². The fraction of sp³-hybridized carbons (Fsp3) is 0.688. The van der Waals surface area contributed by atoms with E-state index in [9.17, 15) is 5.11 Å². The van der Waals surface area contributed by atoms with Crippen molar-refractivity contribution in [3.05, 3.63) is 22.5 Å². The van der Waals surface area contributed by atoms with Crippen molar-refractivity contribution in [2.24, 2.45) is 11.8 Å². The molecular weight excluding hydrogens is 282 g/mol. The number of nitrogens with zero attached hydrogens (tertiary/aromatic N) is 2. The third kappa shape index (κ3) is 4.28. The number of imidazole rings is 1. The number of nitrogens with one attached hydrogen (secondary N) is 1. The van der Waals surface area contributed by atoms with Crippen LogP contribution in [0.25, 0.3) is 4.96 Å². The largest absolute Gasteiger partial charge is 0.396 e. The quantitative estimate of drug-likeness (QED) is 0.787. The van der Waals surface area contributed by atoms with Gasteiger partial charge in [-0.25, -0.2) is 4.98 Å². The average molecular weight is 309 g/mol. The molecule has 0 bridgehead atoms. The van der Waals surface area contributed by atoms with Gasteiger partial charge in [0.25, 0.3) is 0 Å². The van der Waals surface area contributed by atoms with Crippen LogP contribution < -0.4 is 5.32 Å². The lowest BCUT2D eigenvalue weighted by atomic mass is 9.94. The number of aryl methyl sites for hydroxylation is 2. The Bertz CT molecular complexity index is 573. The highest BCUT2D eigenvalue weighted by Gasteiger charge is 2.13. The van der Waals surface area contributed by atoms with E-state index in [4.69, 9.17) is 0 Å². The minimum atomic E-state index is 0.277. The summed E-state index contributed by atoms with van der Waals surface area (Å²) in [5.74, 6) is 1.22. The molecule has 2 aromatic rings. The topological polar surface area (TPSA) is 49.6 Å². The van der Waals surface area contributed by atoms with Gasteiger partial charge in [-0.15, -0.1) is 11.3 Å². The van der Waals surface area contributed by atoms with E-state index in [2.05, 4.69) is 48.6 Å². The van der Waals surface area contributed by atoms with Crippen molar-refractivity contribution >= 4 is 16.3 Å². The van der Waals surface area contributed by atoms with Crippen molar-refractivity contribution in [1.82, 2.24) is 14.7 Å². The standard InChI is InChI=1S/C16H27N3OS/c1-11(2)7-14(5-6-20)8-17-9-15-13(4)18-16-19(15)10-12(3)21-16/h10-11,14,17,20H,5-9H2,1-4H3. The molecule has 21 heavy (non-hydrogen) atoms. The zero-order valence-electron chi connectivity index (χ0n) is 13.5. The van der Waals surface area contributed by atoms with Gasteiger partial charge in [-0.3, -0.25) is 4.40 Å². The van der Waals surface area contributed by atoms with Gasteiger partial charge in [-0.2, -0.15) is 0 Å². The maximum absolute atomic E-state index is 9.18. The van der Waals surface area contributed by atoms with Crippen LogP contribution in [-0.4, -0.2) is 27.6 Å². The summed E-state index contributed by atoms with van der Waals surface area (Å²) < 4.78 is 2.20. The van der Waals surface area contributed by atoms with Crippen molar-refractivity contribution in [1.29, 1.82) is 0 Å². The van der Waals surface area contributed by atoms with Crippen molar-refractivity contribution in [3.8, 4) is 0 Å². The molecule has 0 aliphatic heterocycles. The van der Waals surface area contributed by atoms with Gasteiger partial charge in [0.1, 0.15) is 0 Å². The summed E-state index contributed by atoms with van der Waals surface area (Å²) in [5, 5.41) is 12.7. The lowest BCUT2D eigenvalue weighted by Crippen LogP contribution is -2.25. The van der Waals surface area contributed by atoms with Gasteiger partial charge in [0.05, 0.1) is 11.4 Å². The number of aliphatic hydroxyl groups excluding tert-OH is 1. The second-order valence-electron chi connectivity index (χ2n) is 6.28. The second-order valence-corrected chi connectivity index (χ2v) is 7.49. The molecule has 0 amide bonds. The molecule has 0 aliphatic rings. The molecule has 118 valence electrons. The molecule has 2 N–H and O–H groups in total. The Labute approximate surface area is 131 Å². The van der Waals surface area contributed by atoms with Crippen LogP contribution in [0.4, 0.5) is 0 Å². The molecule has 0 radical (unpaired) electrons. The number of hydrogen-bond donors (Lipinski definition) is 2. The van der Waals surface area contributed by atoms with E-state index in [1.807, 2.05) is 0 Å². The minimum Gasteiger partial charge on any atom is -0.396 e. The van der Waals surface area contributed by atoms with E-state index in [-0.39, 0.29) is 6.61 Å². The molecule has 4 nitrogen and oxygen atoms in total. The summed E-state index contributed by atoms with van der Waals surface area (Å²) in [6.07, 6.45) is 4.20. The molecule has 0 saturated carbocycles. The number of hydrogen-bond acceptors (Lipinski definition) is 4. The summed E-state index contributed by atoms with van der Waals surface area (Å²) in [4.78, 5) is 6.99. The molecule has 5 heteroatoms. The van der Waals surface area contributed by atoms with E-state index < -0.39 is 0 Å². The number of fused-ring (bicyclic) bond motifs is 1. The van der Waals surface area contributed by atoms with Gasteiger partial charge < -0.3 is 10.4 Å². The first-order valence-electron chi connectivity index (χ1n) is 7.76. The van der Waals surface area contributed by atoms with Crippen LogP contribution in [0, 0.1) is 25.7 Å². The predicted octanol–water partition coefficient (Wildman–Crippen LogP) is 3.15. The van der Waals surface area contributed by atoms with Crippen LogP contribution in [0.3, 0.4) is 0 Å². The molecule has 1 unspecified atom stereocenters. The number of thiazole rings is 1. The van der Waals surface area contributed by atoms with Gasteiger partial charge in [0, 0.05) is 24.2 Å². The van der Waals surface area contributed by atoms with Gasteiger partial charge in [-0.05, 0) is 45.1 Å². The Balaban J connectivity index is 1.95.